The minimum absolute atomic E-state index is 0.0298. The smallest absolute Gasteiger partial charge is 0.345 e. The predicted molar refractivity (Wildman–Crippen MR) is 122 cm³/mol. The Morgan fingerprint density at radius 2 is 1.38 bits per heavy atom. The van der Waals surface area contributed by atoms with Crippen LogP contribution in [0.3, 0.4) is 0 Å². The van der Waals surface area contributed by atoms with Crippen molar-refractivity contribution in [2.45, 2.75) is 58.7 Å². The first-order valence-corrected chi connectivity index (χ1v) is 13.0. The monoisotopic (exact) mass is 509 g/mol. The standard InChI is InChI=1S/C21H36NO11P/c1-7-29-17(23)14-16(18(24)30-8-2)34(27,33-11-5)13-12-21(22-15-28-6,19(25)31-9-3)20(26)32-10-4/h15-16H,7-14H2,1-6H3/b22-15-. The number of nitrogens with zero attached hydrogens (tertiary/aromatic N) is 1. The molecule has 0 rings (SSSR count). The molecule has 12 nitrogen and oxygen atoms in total. The Hall–Kier alpha value is -2.46. The average Bonchev–Trinajstić information content (AvgIpc) is 2.78. The fourth-order valence-corrected chi connectivity index (χ4v) is 5.46. The van der Waals surface area contributed by atoms with E-state index in [2.05, 4.69) is 4.99 Å². The van der Waals surface area contributed by atoms with Gasteiger partial charge in [0, 0.05) is 12.6 Å². The molecule has 0 bridgehead atoms. The van der Waals surface area contributed by atoms with E-state index < -0.39 is 61.4 Å². The van der Waals surface area contributed by atoms with Gasteiger partial charge in [0.15, 0.2) is 6.40 Å². The van der Waals surface area contributed by atoms with Crippen LogP contribution in [0.15, 0.2) is 4.99 Å². The maximum absolute atomic E-state index is 13.9. The Balaban J connectivity index is 6.42. The SMILES string of the molecule is CCOC(=O)CC(C(=O)OCC)P(=O)(CCC(/N=C\OC)(C(=O)OCC)C(=O)OCC)OCC. The van der Waals surface area contributed by atoms with Gasteiger partial charge in [0.2, 0.25) is 7.37 Å². The predicted octanol–water partition coefficient (Wildman–Crippen LogP) is 2.12. The lowest BCUT2D eigenvalue weighted by molar-refractivity contribution is -0.164. The van der Waals surface area contributed by atoms with Crippen LogP contribution in [0, 0.1) is 0 Å². The summed E-state index contributed by atoms with van der Waals surface area (Å²) in [5.74, 6) is -3.81. The quantitative estimate of drug-likeness (QED) is 0.0707. The summed E-state index contributed by atoms with van der Waals surface area (Å²) in [5, 5.41) is 0. The van der Waals surface area contributed by atoms with Crippen molar-refractivity contribution in [3.63, 3.8) is 0 Å². The number of ether oxygens (including phenoxy) is 5. The third-order valence-electron chi connectivity index (χ3n) is 4.44. The molecule has 0 spiro atoms. The Bertz CT molecular complexity index is 735. The Labute approximate surface area is 200 Å². The van der Waals surface area contributed by atoms with E-state index >= 15 is 0 Å². The summed E-state index contributed by atoms with van der Waals surface area (Å²) in [4.78, 5) is 54.4. The van der Waals surface area contributed by atoms with E-state index in [0.717, 1.165) is 6.40 Å². The zero-order valence-electron chi connectivity index (χ0n) is 20.7. The van der Waals surface area contributed by atoms with Crippen molar-refractivity contribution in [1.82, 2.24) is 0 Å². The van der Waals surface area contributed by atoms with Crippen molar-refractivity contribution in [1.29, 1.82) is 0 Å². The van der Waals surface area contributed by atoms with Crippen LogP contribution >= 0.6 is 7.37 Å². The molecule has 0 amide bonds. The second-order valence-corrected chi connectivity index (χ2v) is 9.45. The number of hydrogen-bond acceptors (Lipinski definition) is 12. The van der Waals surface area contributed by atoms with Gasteiger partial charge < -0.3 is 28.2 Å². The Kier molecular flexibility index (Phi) is 15.0. The largest absolute Gasteiger partial charge is 0.487 e. The Morgan fingerprint density at radius 3 is 1.82 bits per heavy atom. The van der Waals surface area contributed by atoms with Crippen molar-refractivity contribution >= 4 is 37.6 Å². The molecule has 0 aromatic heterocycles. The molecule has 0 aliphatic heterocycles. The number of esters is 4. The molecule has 0 radical (unpaired) electrons. The van der Waals surface area contributed by atoms with Crippen LogP contribution in [0.1, 0.15) is 47.5 Å². The van der Waals surface area contributed by atoms with Crippen molar-refractivity contribution in [2.24, 2.45) is 4.99 Å². The topological polar surface area (TPSA) is 153 Å². The van der Waals surface area contributed by atoms with Crippen LogP contribution in [0.2, 0.25) is 0 Å². The maximum Gasteiger partial charge on any atom is 0.345 e. The van der Waals surface area contributed by atoms with E-state index in [1.807, 2.05) is 0 Å². The molecule has 0 saturated heterocycles. The number of methoxy groups -OCH3 is 1. The molecule has 2 unspecified atom stereocenters. The molecule has 0 saturated carbocycles. The summed E-state index contributed by atoms with van der Waals surface area (Å²) in [5.41, 5.74) is -3.78. The molecule has 0 aliphatic rings. The van der Waals surface area contributed by atoms with E-state index in [1.54, 1.807) is 20.8 Å². The molecule has 0 aromatic rings. The molecule has 196 valence electrons. The van der Waals surface area contributed by atoms with Gasteiger partial charge in [0.1, 0.15) is 5.66 Å². The highest BCUT2D eigenvalue weighted by Gasteiger charge is 2.52. The van der Waals surface area contributed by atoms with Gasteiger partial charge in [-0.05, 0) is 34.6 Å². The second kappa shape index (κ2) is 16.2. The average molecular weight is 509 g/mol. The van der Waals surface area contributed by atoms with E-state index in [1.165, 1.54) is 21.0 Å². The summed E-state index contributed by atoms with van der Waals surface area (Å²) in [6.07, 6.45) is -0.721. The zero-order valence-corrected chi connectivity index (χ0v) is 21.6. The lowest BCUT2D eigenvalue weighted by atomic mass is 9.97. The first kappa shape index (κ1) is 31.5. The third kappa shape index (κ3) is 9.06. The van der Waals surface area contributed by atoms with Crippen LogP contribution < -0.4 is 0 Å². The highest BCUT2D eigenvalue weighted by Crippen LogP contribution is 2.55. The summed E-state index contributed by atoms with van der Waals surface area (Å²) in [7, 11) is -2.79. The van der Waals surface area contributed by atoms with E-state index in [0.29, 0.717) is 0 Å². The van der Waals surface area contributed by atoms with Gasteiger partial charge >= 0.3 is 23.9 Å². The van der Waals surface area contributed by atoms with E-state index in [-0.39, 0.29) is 33.0 Å². The van der Waals surface area contributed by atoms with Gasteiger partial charge in [-0.25, -0.2) is 14.6 Å². The second-order valence-electron chi connectivity index (χ2n) is 6.67. The summed E-state index contributed by atoms with van der Waals surface area (Å²) in [6.45, 7) is 7.56. The van der Waals surface area contributed by atoms with Crippen LogP contribution in [0.5, 0.6) is 0 Å². The normalized spacial score (nSPS) is 14.1. The lowest BCUT2D eigenvalue weighted by Crippen LogP contribution is -2.48. The van der Waals surface area contributed by atoms with Crippen molar-refractivity contribution in [2.75, 3.05) is 46.3 Å². The van der Waals surface area contributed by atoms with Gasteiger partial charge in [0.25, 0.3) is 5.54 Å². The number of aliphatic imine (C=N–C) groups is 1. The summed E-state index contributed by atoms with van der Waals surface area (Å²) in [6, 6.07) is 0. The minimum atomic E-state index is -4.04. The van der Waals surface area contributed by atoms with Crippen LogP contribution in [0.25, 0.3) is 0 Å². The molecule has 0 aliphatic carbocycles. The van der Waals surface area contributed by atoms with Crippen LogP contribution in [-0.2, 0) is 52.0 Å². The first-order valence-electron chi connectivity index (χ1n) is 11.1. The number of hydrogen-bond donors (Lipinski definition) is 0. The van der Waals surface area contributed by atoms with Crippen molar-refractivity contribution in [3.05, 3.63) is 0 Å². The van der Waals surface area contributed by atoms with Crippen molar-refractivity contribution < 1.29 is 52.0 Å². The molecule has 0 N–H and O–H groups in total. The zero-order chi connectivity index (χ0) is 26.2. The van der Waals surface area contributed by atoms with Gasteiger partial charge in [0.05, 0.1) is 46.6 Å². The molecule has 0 fully saturated rings. The molecule has 34 heavy (non-hydrogen) atoms. The summed E-state index contributed by atoms with van der Waals surface area (Å²) >= 11 is 0. The molecule has 13 heteroatoms. The molecule has 2 atom stereocenters. The molecule has 0 heterocycles. The fraction of sp³-hybridized carbons (Fsp3) is 0.762. The number of carbonyl (C=O) groups is 4. The van der Waals surface area contributed by atoms with E-state index in [9.17, 15) is 23.7 Å². The van der Waals surface area contributed by atoms with Crippen molar-refractivity contribution in [3.8, 4) is 0 Å². The summed E-state index contributed by atoms with van der Waals surface area (Å²) < 4.78 is 44.2. The number of rotatable bonds is 17. The molecular formula is C21H36NO11P. The van der Waals surface area contributed by atoms with Gasteiger partial charge in [-0.3, -0.25) is 14.2 Å². The first-order chi connectivity index (χ1) is 16.1. The molecular weight excluding hydrogens is 473 g/mol. The van der Waals surface area contributed by atoms with E-state index in [4.69, 9.17) is 28.2 Å². The fourth-order valence-electron chi connectivity index (χ4n) is 2.95. The van der Waals surface area contributed by atoms with Crippen LogP contribution in [0.4, 0.5) is 0 Å². The van der Waals surface area contributed by atoms with Crippen LogP contribution in [-0.4, -0.2) is 87.8 Å². The Morgan fingerprint density at radius 1 is 0.853 bits per heavy atom. The highest BCUT2D eigenvalue weighted by molar-refractivity contribution is 7.60. The number of carbonyl (C=O) groups excluding carboxylic acids is 4. The third-order valence-corrected chi connectivity index (χ3v) is 7.32. The van der Waals surface area contributed by atoms with Gasteiger partial charge in [-0.2, -0.15) is 0 Å². The minimum Gasteiger partial charge on any atom is -0.487 e. The highest BCUT2D eigenvalue weighted by atomic mass is 31.2. The maximum atomic E-state index is 13.9. The lowest BCUT2D eigenvalue weighted by Gasteiger charge is -2.29. The van der Waals surface area contributed by atoms with Gasteiger partial charge in [-0.1, -0.05) is 0 Å². The van der Waals surface area contributed by atoms with Gasteiger partial charge in [-0.15, -0.1) is 0 Å². The molecule has 0 aromatic carbocycles.